The van der Waals surface area contributed by atoms with Gasteiger partial charge in [-0.1, -0.05) is 31.9 Å². The second-order valence-corrected chi connectivity index (χ2v) is 5.39. The molecule has 0 aliphatic rings. The maximum atomic E-state index is 12.0. The minimum absolute atomic E-state index is 0.162. The van der Waals surface area contributed by atoms with Gasteiger partial charge in [-0.15, -0.1) is 0 Å². The number of aromatic nitrogens is 2. The summed E-state index contributed by atoms with van der Waals surface area (Å²) in [4.78, 5) is 23.2. The van der Waals surface area contributed by atoms with Gasteiger partial charge in [0.2, 0.25) is 5.91 Å². The van der Waals surface area contributed by atoms with Crippen LogP contribution in [0.2, 0.25) is 0 Å². The molecular weight excluding hydrogens is 294 g/mol. The highest BCUT2D eigenvalue weighted by Crippen LogP contribution is 2.09. The fraction of sp³-hybridized carbons (Fsp3) is 0.353. The standard InChI is InChI=1S/C17H21N3O3/c1-2-3-5-15(17(22)23)19-16(21)12-13-6-8-14(9-7-13)20-11-4-10-18-20/h4,6-11,15H,2-3,5,12H2,1H3,(H,19,21)(H,22,23)/t15-/m0/s1. The summed E-state index contributed by atoms with van der Waals surface area (Å²) in [5, 5.41) is 15.9. The Labute approximate surface area is 135 Å². The average molecular weight is 315 g/mol. The average Bonchev–Trinajstić information content (AvgIpc) is 3.06. The number of amides is 1. The minimum Gasteiger partial charge on any atom is -0.480 e. The number of hydrogen-bond acceptors (Lipinski definition) is 3. The van der Waals surface area contributed by atoms with Gasteiger partial charge < -0.3 is 10.4 Å². The molecule has 122 valence electrons. The third-order valence-electron chi connectivity index (χ3n) is 3.55. The first-order chi connectivity index (χ1) is 11.1. The number of unbranched alkanes of at least 4 members (excludes halogenated alkanes) is 1. The van der Waals surface area contributed by atoms with E-state index in [9.17, 15) is 9.59 Å². The number of nitrogens with zero attached hydrogens (tertiary/aromatic N) is 2. The van der Waals surface area contributed by atoms with E-state index in [4.69, 9.17) is 5.11 Å². The van der Waals surface area contributed by atoms with Crippen LogP contribution in [0.25, 0.3) is 5.69 Å². The monoisotopic (exact) mass is 315 g/mol. The molecule has 1 aromatic heterocycles. The van der Waals surface area contributed by atoms with Gasteiger partial charge in [-0.05, 0) is 30.2 Å². The van der Waals surface area contributed by atoms with Crippen molar-refractivity contribution in [3.8, 4) is 5.69 Å². The van der Waals surface area contributed by atoms with E-state index in [1.165, 1.54) is 0 Å². The maximum Gasteiger partial charge on any atom is 0.326 e. The van der Waals surface area contributed by atoms with Crippen LogP contribution in [0.5, 0.6) is 0 Å². The lowest BCUT2D eigenvalue weighted by Gasteiger charge is -2.14. The number of carbonyl (C=O) groups excluding carboxylic acids is 1. The van der Waals surface area contributed by atoms with Crippen molar-refractivity contribution in [2.24, 2.45) is 0 Å². The van der Waals surface area contributed by atoms with E-state index < -0.39 is 12.0 Å². The highest BCUT2D eigenvalue weighted by molar-refractivity contribution is 5.84. The van der Waals surface area contributed by atoms with E-state index in [0.717, 1.165) is 24.1 Å². The van der Waals surface area contributed by atoms with E-state index in [1.54, 1.807) is 10.9 Å². The van der Waals surface area contributed by atoms with Gasteiger partial charge >= 0.3 is 5.97 Å². The fourth-order valence-corrected chi connectivity index (χ4v) is 2.28. The Kier molecular flexibility index (Phi) is 5.91. The zero-order valence-corrected chi connectivity index (χ0v) is 13.1. The van der Waals surface area contributed by atoms with E-state index >= 15 is 0 Å². The Balaban J connectivity index is 1.93. The Bertz CT molecular complexity index is 636. The molecule has 1 amide bonds. The zero-order valence-electron chi connectivity index (χ0n) is 13.1. The van der Waals surface area contributed by atoms with Gasteiger partial charge in [-0.3, -0.25) is 4.79 Å². The summed E-state index contributed by atoms with van der Waals surface area (Å²) >= 11 is 0. The lowest BCUT2D eigenvalue weighted by atomic mass is 10.1. The first kappa shape index (κ1) is 16.7. The molecule has 0 aliphatic carbocycles. The molecule has 2 aromatic rings. The first-order valence-corrected chi connectivity index (χ1v) is 7.71. The number of nitrogens with one attached hydrogen (secondary N) is 1. The summed E-state index contributed by atoms with van der Waals surface area (Å²) in [6, 6.07) is 8.47. The smallest absolute Gasteiger partial charge is 0.326 e. The molecule has 0 bridgehead atoms. The van der Waals surface area contributed by atoms with Crippen LogP contribution >= 0.6 is 0 Å². The molecule has 6 heteroatoms. The number of hydrogen-bond donors (Lipinski definition) is 2. The number of carboxylic acid groups (broad SMARTS) is 1. The molecule has 23 heavy (non-hydrogen) atoms. The summed E-state index contributed by atoms with van der Waals surface area (Å²) in [5.41, 5.74) is 1.74. The molecule has 0 aliphatic heterocycles. The lowest BCUT2D eigenvalue weighted by molar-refractivity contribution is -0.142. The van der Waals surface area contributed by atoms with Crippen molar-refractivity contribution >= 4 is 11.9 Å². The Hall–Kier alpha value is -2.63. The van der Waals surface area contributed by atoms with Crippen LogP contribution in [-0.4, -0.2) is 32.8 Å². The van der Waals surface area contributed by atoms with Crippen molar-refractivity contribution in [3.63, 3.8) is 0 Å². The van der Waals surface area contributed by atoms with E-state index in [-0.39, 0.29) is 12.3 Å². The van der Waals surface area contributed by atoms with E-state index in [2.05, 4.69) is 10.4 Å². The second-order valence-electron chi connectivity index (χ2n) is 5.39. The Morgan fingerprint density at radius 3 is 2.61 bits per heavy atom. The van der Waals surface area contributed by atoms with Gasteiger partial charge in [0.05, 0.1) is 12.1 Å². The summed E-state index contributed by atoms with van der Waals surface area (Å²) < 4.78 is 1.73. The molecule has 2 rings (SSSR count). The molecule has 0 saturated heterocycles. The number of carboxylic acids is 1. The normalized spacial score (nSPS) is 11.9. The van der Waals surface area contributed by atoms with E-state index in [1.807, 2.05) is 43.5 Å². The summed E-state index contributed by atoms with van der Waals surface area (Å²) in [6.07, 6.45) is 5.83. The second kappa shape index (κ2) is 8.12. The van der Waals surface area contributed by atoms with Crippen LogP contribution < -0.4 is 5.32 Å². The van der Waals surface area contributed by atoms with Gasteiger partial charge in [0, 0.05) is 12.4 Å². The van der Waals surface area contributed by atoms with Crippen LogP contribution in [0.3, 0.4) is 0 Å². The van der Waals surface area contributed by atoms with Crippen molar-refractivity contribution in [3.05, 3.63) is 48.3 Å². The van der Waals surface area contributed by atoms with Gasteiger partial charge in [-0.25, -0.2) is 9.48 Å². The molecule has 0 fully saturated rings. The molecule has 1 heterocycles. The number of rotatable bonds is 8. The molecule has 1 aromatic carbocycles. The predicted molar refractivity (Wildman–Crippen MR) is 86.4 cm³/mol. The third kappa shape index (κ3) is 4.95. The molecule has 0 saturated carbocycles. The lowest BCUT2D eigenvalue weighted by Crippen LogP contribution is -2.41. The molecule has 0 radical (unpaired) electrons. The fourth-order valence-electron chi connectivity index (χ4n) is 2.28. The first-order valence-electron chi connectivity index (χ1n) is 7.71. The molecule has 2 N–H and O–H groups in total. The largest absolute Gasteiger partial charge is 0.480 e. The Morgan fingerprint density at radius 2 is 2.04 bits per heavy atom. The molecule has 1 atom stereocenters. The molecule has 6 nitrogen and oxygen atoms in total. The molecule has 0 unspecified atom stereocenters. The van der Waals surface area contributed by atoms with Crippen LogP contribution in [0, 0.1) is 0 Å². The van der Waals surface area contributed by atoms with Crippen molar-refractivity contribution < 1.29 is 14.7 Å². The van der Waals surface area contributed by atoms with Crippen LogP contribution in [0.4, 0.5) is 0 Å². The third-order valence-corrected chi connectivity index (χ3v) is 3.55. The van der Waals surface area contributed by atoms with E-state index in [0.29, 0.717) is 6.42 Å². The van der Waals surface area contributed by atoms with Crippen molar-refractivity contribution in [2.75, 3.05) is 0 Å². The van der Waals surface area contributed by atoms with Crippen LogP contribution in [0.1, 0.15) is 31.7 Å². The topological polar surface area (TPSA) is 84.2 Å². The maximum absolute atomic E-state index is 12.0. The zero-order chi connectivity index (χ0) is 16.7. The summed E-state index contributed by atoms with van der Waals surface area (Å²) in [6.45, 7) is 1.99. The molecule has 0 spiro atoms. The van der Waals surface area contributed by atoms with Crippen molar-refractivity contribution in [1.82, 2.24) is 15.1 Å². The Morgan fingerprint density at radius 1 is 1.30 bits per heavy atom. The minimum atomic E-state index is -0.985. The van der Waals surface area contributed by atoms with Crippen LogP contribution in [0.15, 0.2) is 42.7 Å². The molecular formula is C17H21N3O3. The number of benzene rings is 1. The van der Waals surface area contributed by atoms with Crippen LogP contribution in [-0.2, 0) is 16.0 Å². The number of aliphatic carboxylic acids is 1. The SMILES string of the molecule is CCCC[C@H](NC(=O)Cc1ccc(-n2cccn2)cc1)C(=O)O. The van der Waals surface area contributed by atoms with Crippen molar-refractivity contribution in [2.45, 2.75) is 38.6 Å². The highest BCUT2D eigenvalue weighted by Gasteiger charge is 2.19. The van der Waals surface area contributed by atoms with Gasteiger partial charge in [0.15, 0.2) is 0 Å². The highest BCUT2D eigenvalue weighted by atomic mass is 16.4. The van der Waals surface area contributed by atoms with Gasteiger partial charge in [0.1, 0.15) is 6.04 Å². The predicted octanol–water partition coefficient (Wildman–Crippen LogP) is 2.17. The summed E-state index contributed by atoms with van der Waals surface area (Å²) in [7, 11) is 0. The van der Waals surface area contributed by atoms with Crippen molar-refractivity contribution in [1.29, 1.82) is 0 Å². The van der Waals surface area contributed by atoms with Gasteiger partial charge in [-0.2, -0.15) is 5.10 Å². The number of carbonyl (C=O) groups is 2. The summed E-state index contributed by atoms with van der Waals surface area (Å²) in [5.74, 6) is -1.26. The quantitative estimate of drug-likeness (QED) is 0.782. The van der Waals surface area contributed by atoms with Gasteiger partial charge in [0.25, 0.3) is 0 Å².